The zero-order chi connectivity index (χ0) is 20.6. The van der Waals surface area contributed by atoms with Gasteiger partial charge in [0.15, 0.2) is 0 Å². The molecule has 0 aromatic heterocycles. The van der Waals surface area contributed by atoms with E-state index in [9.17, 15) is 24.2 Å². The van der Waals surface area contributed by atoms with Gasteiger partial charge in [-0.1, -0.05) is 24.6 Å². The van der Waals surface area contributed by atoms with Crippen LogP contribution in [0.25, 0.3) is 5.76 Å². The van der Waals surface area contributed by atoms with E-state index >= 15 is 0 Å². The van der Waals surface area contributed by atoms with E-state index in [1.54, 1.807) is 13.0 Å². The fourth-order valence-corrected chi connectivity index (χ4v) is 3.53. The van der Waals surface area contributed by atoms with Crippen molar-refractivity contribution in [3.63, 3.8) is 0 Å². The Hall–Kier alpha value is -2.86. The highest BCUT2D eigenvalue weighted by Crippen LogP contribution is 2.41. The van der Waals surface area contributed by atoms with Crippen molar-refractivity contribution in [2.75, 3.05) is 6.54 Å². The lowest BCUT2D eigenvalue weighted by Crippen LogP contribution is -2.30. The van der Waals surface area contributed by atoms with E-state index in [1.807, 2.05) is 6.92 Å². The lowest BCUT2D eigenvalue weighted by Gasteiger charge is -2.25. The standard InChI is InChI=1S/C21H19ClFNO4/c1-3-8-24-18(12-5-7-16(25)14(22)10-12)17(20(27)21(24)28)19(26)13-4-6-15(23)11(2)9-13/h4-7,9-10,18,25-26H,3,8H2,1-2H3/b19-17-. The average molecular weight is 404 g/mol. The molecule has 5 nitrogen and oxygen atoms in total. The first-order chi connectivity index (χ1) is 13.3. The van der Waals surface area contributed by atoms with Crippen molar-refractivity contribution in [3.05, 3.63) is 69.5 Å². The van der Waals surface area contributed by atoms with E-state index in [0.717, 1.165) is 0 Å². The number of likely N-dealkylation sites (tertiary alicyclic amines) is 1. The van der Waals surface area contributed by atoms with Gasteiger partial charge in [-0.3, -0.25) is 9.59 Å². The van der Waals surface area contributed by atoms with Crippen molar-refractivity contribution in [2.45, 2.75) is 26.3 Å². The Bertz CT molecular complexity index is 1000. The third-order valence-corrected chi connectivity index (χ3v) is 5.03. The number of nitrogens with zero attached hydrogens (tertiary/aromatic N) is 1. The Kier molecular flexibility index (Phi) is 5.42. The number of benzene rings is 2. The van der Waals surface area contributed by atoms with Crippen LogP contribution in [0.3, 0.4) is 0 Å². The molecular formula is C21H19ClFNO4. The quantitative estimate of drug-likeness (QED) is 0.452. The molecule has 1 atom stereocenters. The molecule has 7 heteroatoms. The monoisotopic (exact) mass is 403 g/mol. The number of aryl methyl sites for hydroxylation is 1. The second-order valence-electron chi connectivity index (χ2n) is 6.67. The summed E-state index contributed by atoms with van der Waals surface area (Å²) in [6.45, 7) is 3.70. The summed E-state index contributed by atoms with van der Waals surface area (Å²) in [6, 6.07) is 7.47. The molecule has 0 radical (unpaired) electrons. The molecule has 28 heavy (non-hydrogen) atoms. The highest BCUT2D eigenvalue weighted by Gasteiger charge is 2.45. The Morgan fingerprint density at radius 1 is 1.21 bits per heavy atom. The van der Waals surface area contributed by atoms with Crippen molar-refractivity contribution in [2.24, 2.45) is 0 Å². The van der Waals surface area contributed by atoms with Crippen LogP contribution >= 0.6 is 11.6 Å². The minimum absolute atomic E-state index is 0.0669. The lowest BCUT2D eigenvalue weighted by atomic mass is 9.94. The molecule has 0 aliphatic carbocycles. The van der Waals surface area contributed by atoms with Crippen LogP contribution in [0.1, 0.15) is 36.1 Å². The van der Waals surface area contributed by atoms with Crippen LogP contribution < -0.4 is 0 Å². The summed E-state index contributed by atoms with van der Waals surface area (Å²) in [4.78, 5) is 26.7. The predicted octanol–water partition coefficient (Wildman–Crippen LogP) is 4.32. The van der Waals surface area contributed by atoms with E-state index in [4.69, 9.17) is 11.6 Å². The molecule has 146 valence electrons. The maximum atomic E-state index is 13.6. The van der Waals surface area contributed by atoms with Gasteiger partial charge >= 0.3 is 0 Å². The molecule has 2 N–H and O–H groups in total. The van der Waals surface area contributed by atoms with E-state index in [2.05, 4.69) is 0 Å². The molecule has 1 aliphatic rings. The number of phenols is 1. The highest BCUT2D eigenvalue weighted by atomic mass is 35.5. The molecule has 1 heterocycles. The third kappa shape index (κ3) is 3.36. The van der Waals surface area contributed by atoms with Crippen LogP contribution in [0.15, 0.2) is 42.0 Å². The Balaban J connectivity index is 2.22. The van der Waals surface area contributed by atoms with Crippen molar-refractivity contribution < 1.29 is 24.2 Å². The van der Waals surface area contributed by atoms with Crippen LogP contribution in [0, 0.1) is 12.7 Å². The molecule has 2 aromatic rings. The number of ketones is 1. The average Bonchev–Trinajstić information content (AvgIpc) is 2.91. The van der Waals surface area contributed by atoms with Crippen LogP contribution in [0.4, 0.5) is 4.39 Å². The number of carbonyl (C=O) groups excluding carboxylic acids is 2. The minimum atomic E-state index is -0.858. The summed E-state index contributed by atoms with van der Waals surface area (Å²) in [5, 5.41) is 20.6. The maximum Gasteiger partial charge on any atom is 0.295 e. The summed E-state index contributed by atoms with van der Waals surface area (Å²) in [7, 11) is 0. The SMILES string of the molecule is CCCN1C(=O)C(=O)/C(=C(\O)c2ccc(F)c(C)c2)C1c1ccc(O)c(Cl)c1. The van der Waals surface area contributed by atoms with E-state index in [0.29, 0.717) is 24.1 Å². The van der Waals surface area contributed by atoms with Gasteiger partial charge in [0.2, 0.25) is 0 Å². The first-order valence-corrected chi connectivity index (χ1v) is 9.17. The third-order valence-electron chi connectivity index (χ3n) is 4.72. The van der Waals surface area contributed by atoms with Crippen LogP contribution in [0.2, 0.25) is 5.02 Å². The zero-order valence-electron chi connectivity index (χ0n) is 15.4. The molecule has 2 aromatic carbocycles. The van der Waals surface area contributed by atoms with Crippen molar-refractivity contribution in [1.82, 2.24) is 4.90 Å². The Labute approximate surface area is 166 Å². The molecule has 1 fully saturated rings. The van der Waals surface area contributed by atoms with Gasteiger partial charge in [-0.25, -0.2) is 4.39 Å². The fourth-order valence-electron chi connectivity index (χ4n) is 3.34. The van der Waals surface area contributed by atoms with E-state index < -0.39 is 23.5 Å². The van der Waals surface area contributed by atoms with Gasteiger partial charge in [0.1, 0.15) is 17.3 Å². The predicted molar refractivity (Wildman–Crippen MR) is 104 cm³/mol. The lowest BCUT2D eigenvalue weighted by molar-refractivity contribution is -0.139. The van der Waals surface area contributed by atoms with Crippen molar-refractivity contribution >= 4 is 29.1 Å². The number of aliphatic hydroxyl groups is 1. The van der Waals surface area contributed by atoms with Crippen LogP contribution in [-0.4, -0.2) is 33.3 Å². The second-order valence-corrected chi connectivity index (χ2v) is 7.07. The van der Waals surface area contributed by atoms with Crippen molar-refractivity contribution in [3.8, 4) is 5.75 Å². The molecule has 0 bridgehead atoms. The van der Waals surface area contributed by atoms with Crippen molar-refractivity contribution in [1.29, 1.82) is 0 Å². The number of hydrogen-bond acceptors (Lipinski definition) is 4. The normalized spacial score (nSPS) is 18.7. The number of hydrogen-bond donors (Lipinski definition) is 2. The number of aromatic hydroxyl groups is 1. The number of phenolic OH excluding ortho intramolecular Hbond substituents is 1. The summed E-state index contributed by atoms with van der Waals surface area (Å²) in [6.07, 6.45) is 0.602. The summed E-state index contributed by atoms with van der Waals surface area (Å²) in [5.74, 6) is -2.50. The molecule has 3 rings (SSSR count). The van der Waals surface area contributed by atoms with Gasteiger partial charge in [0.05, 0.1) is 16.6 Å². The van der Waals surface area contributed by atoms with Gasteiger partial charge in [0.25, 0.3) is 11.7 Å². The van der Waals surface area contributed by atoms with Gasteiger partial charge in [-0.05, 0) is 54.8 Å². The van der Waals surface area contributed by atoms with Crippen LogP contribution in [-0.2, 0) is 9.59 Å². The number of aliphatic hydroxyl groups excluding tert-OH is 1. The minimum Gasteiger partial charge on any atom is -0.507 e. The number of carbonyl (C=O) groups is 2. The van der Waals surface area contributed by atoms with Gasteiger partial charge in [-0.2, -0.15) is 0 Å². The number of Topliss-reactive ketones (excluding diaryl/α,β-unsaturated/α-hetero) is 1. The fraction of sp³-hybridized carbons (Fsp3) is 0.238. The summed E-state index contributed by atoms with van der Waals surface area (Å²) < 4.78 is 13.6. The number of halogens is 2. The first kappa shape index (κ1) is 19.9. The smallest absolute Gasteiger partial charge is 0.295 e. The molecule has 0 spiro atoms. The maximum absolute atomic E-state index is 13.6. The highest BCUT2D eigenvalue weighted by molar-refractivity contribution is 6.46. The second kappa shape index (κ2) is 7.64. The van der Waals surface area contributed by atoms with Crippen LogP contribution in [0.5, 0.6) is 5.75 Å². The zero-order valence-corrected chi connectivity index (χ0v) is 16.1. The number of rotatable bonds is 4. The van der Waals surface area contributed by atoms with E-state index in [1.165, 1.54) is 35.2 Å². The molecule has 1 amide bonds. The Morgan fingerprint density at radius 2 is 1.93 bits per heavy atom. The topological polar surface area (TPSA) is 77.8 Å². The molecule has 1 saturated heterocycles. The van der Waals surface area contributed by atoms with Gasteiger partial charge < -0.3 is 15.1 Å². The Morgan fingerprint density at radius 3 is 2.54 bits per heavy atom. The molecular weight excluding hydrogens is 385 g/mol. The van der Waals surface area contributed by atoms with E-state index in [-0.39, 0.29) is 27.7 Å². The molecule has 1 aliphatic heterocycles. The molecule has 1 unspecified atom stereocenters. The van der Waals surface area contributed by atoms with Gasteiger partial charge in [0, 0.05) is 12.1 Å². The first-order valence-electron chi connectivity index (χ1n) is 8.79. The van der Waals surface area contributed by atoms with Gasteiger partial charge in [-0.15, -0.1) is 0 Å². The summed E-state index contributed by atoms with van der Waals surface area (Å²) >= 11 is 6.01. The largest absolute Gasteiger partial charge is 0.507 e. The summed E-state index contributed by atoms with van der Waals surface area (Å²) in [5.41, 5.74) is 0.932. The number of amides is 1. The molecule has 0 saturated carbocycles.